The Balaban J connectivity index is 1.63. The number of hydrogen-bond donors (Lipinski definition) is 0. The van der Waals surface area contributed by atoms with Crippen LogP contribution in [0.2, 0.25) is 5.02 Å². The standard InChI is InChI=1S/C23H14ClNO6/c24-17-5-1-2-6-18(17)25-14-15-9-10-16(30-22(26)19-7-3-11-28-19)13-21(15)31-23(27)20-8-4-12-29-20/h1-14H. The highest BCUT2D eigenvalue weighted by atomic mass is 35.5. The van der Waals surface area contributed by atoms with Gasteiger partial charge in [-0.3, -0.25) is 4.99 Å². The van der Waals surface area contributed by atoms with Gasteiger partial charge in [0.1, 0.15) is 11.5 Å². The van der Waals surface area contributed by atoms with Crippen LogP contribution in [0.15, 0.2) is 93.1 Å². The largest absolute Gasteiger partial charge is 0.457 e. The number of esters is 2. The van der Waals surface area contributed by atoms with Gasteiger partial charge in [0, 0.05) is 17.8 Å². The number of furan rings is 2. The average Bonchev–Trinajstić information content (AvgIpc) is 3.48. The zero-order valence-corrected chi connectivity index (χ0v) is 16.6. The van der Waals surface area contributed by atoms with E-state index in [1.54, 1.807) is 48.5 Å². The lowest BCUT2D eigenvalue weighted by Gasteiger charge is -2.09. The minimum absolute atomic E-state index is 0.0203. The Kier molecular flexibility index (Phi) is 5.96. The van der Waals surface area contributed by atoms with Gasteiger partial charge in [-0.25, -0.2) is 9.59 Å². The second-order valence-electron chi connectivity index (χ2n) is 6.14. The second kappa shape index (κ2) is 9.15. The SMILES string of the molecule is O=C(Oc1ccc(C=Nc2ccccc2Cl)c(OC(=O)c2ccco2)c1)c1ccco1. The predicted molar refractivity (Wildman–Crippen MR) is 112 cm³/mol. The lowest BCUT2D eigenvalue weighted by Crippen LogP contribution is -2.10. The van der Waals surface area contributed by atoms with Crippen molar-refractivity contribution in [3.8, 4) is 11.5 Å². The van der Waals surface area contributed by atoms with E-state index in [9.17, 15) is 9.59 Å². The first-order chi connectivity index (χ1) is 15.1. The number of halogens is 1. The first-order valence-electron chi connectivity index (χ1n) is 9.04. The van der Waals surface area contributed by atoms with Gasteiger partial charge in [0.05, 0.1) is 23.2 Å². The van der Waals surface area contributed by atoms with Gasteiger partial charge in [0.2, 0.25) is 11.5 Å². The Hall–Kier alpha value is -4.10. The smallest absolute Gasteiger partial charge is 0.379 e. The molecule has 0 unspecified atom stereocenters. The molecule has 0 saturated heterocycles. The lowest BCUT2D eigenvalue weighted by molar-refractivity contribution is 0.0698. The quantitative estimate of drug-likeness (QED) is 0.219. The number of rotatable bonds is 6. The van der Waals surface area contributed by atoms with E-state index in [1.165, 1.54) is 36.9 Å². The molecule has 0 aliphatic heterocycles. The fraction of sp³-hybridized carbons (Fsp3) is 0. The van der Waals surface area contributed by atoms with Gasteiger partial charge < -0.3 is 18.3 Å². The fourth-order valence-corrected chi connectivity index (χ4v) is 2.75. The van der Waals surface area contributed by atoms with Crippen LogP contribution in [0.25, 0.3) is 0 Å². The molecule has 8 heteroatoms. The van der Waals surface area contributed by atoms with Crippen LogP contribution in [0.5, 0.6) is 11.5 Å². The molecule has 0 fully saturated rings. The van der Waals surface area contributed by atoms with Gasteiger partial charge in [-0.1, -0.05) is 23.7 Å². The molecule has 0 N–H and O–H groups in total. The Labute approximate surface area is 181 Å². The van der Waals surface area contributed by atoms with E-state index in [0.717, 1.165) is 0 Å². The fourth-order valence-electron chi connectivity index (χ4n) is 2.57. The summed E-state index contributed by atoms with van der Waals surface area (Å²) in [5.41, 5.74) is 0.999. The molecule has 31 heavy (non-hydrogen) atoms. The third kappa shape index (κ3) is 4.91. The molecule has 0 amide bonds. The molecular weight excluding hydrogens is 422 g/mol. The molecule has 4 rings (SSSR count). The lowest BCUT2D eigenvalue weighted by atomic mass is 10.2. The van der Waals surface area contributed by atoms with E-state index in [2.05, 4.69) is 4.99 Å². The molecule has 154 valence electrons. The summed E-state index contributed by atoms with van der Waals surface area (Å²) in [6.07, 6.45) is 4.21. The van der Waals surface area contributed by atoms with E-state index in [0.29, 0.717) is 16.3 Å². The third-order valence-corrected chi connectivity index (χ3v) is 4.36. The molecule has 0 saturated carbocycles. The van der Waals surface area contributed by atoms with Gasteiger partial charge >= 0.3 is 11.9 Å². The van der Waals surface area contributed by atoms with Crippen LogP contribution in [-0.2, 0) is 0 Å². The predicted octanol–water partition coefficient (Wildman–Crippen LogP) is 5.72. The molecular formula is C23H14ClNO6. The van der Waals surface area contributed by atoms with E-state index in [1.807, 2.05) is 0 Å². The summed E-state index contributed by atoms with van der Waals surface area (Å²) in [6.45, 7) is 0. The molecule has 2 aromatic heterocycles. The molecule has 0 spiro atoms. The number of carbonyl (C=O) groups is 2. The maximum absolute atomic E-state index is 12.4. The first kappa shape index (κ1) is 20.2. The summed E-state index contributed by atoms with van der Waals surface area (Å²) < 4.78 is 20.8. The monoisotopic (exact) mass is 435 g/mol. The molecule has 0 bridgehead atoms. The molecule has 4 aromatic rings. The van der Waals surface area contributed by atoms with Crippen LogP contribution in [0.3, 0.4) is 0 Å². The third-order valence-electron chi connectivity index (χ3n) is 4.04. The Morgan fingerprint density at radius 1 is 0.839 bits per heavy atom. The van der Waals surface area contributed by atoms with Crippen LogP contribution >= 0.6 is 11.6 Å². The molecule has 2 aromatic carbocycles. The van der Waals surface area contributed by atoms with E-state index in [-0.39, 0.29) is 23.0 Å². The number of carbonyl (C=O) groups excluding carboxylic acids is 2. The number of aliphatic imine (C=N–C) groups is 1. The van der Waals surface area contributed by atoms with Gasteiger partial charge in [0.25, 0.3) is 0 Å². The van der Waals surface area contributed by atoms with Gasteiger partial charge in [-0.05, 0) is 48.5 Å². The Bertz CT molecular complexity index is 1230. The molecule has 0 radical (unpaired) electrons. The molecule has 0 atom stereocenters. The Morgan fingerprint density at radius 2 is 1.52 bits per heavy atom. The van der Waals surface area contributed by atoms with Crippen LogP contribution < -0.4 is 9.47 Å². The van der Waals surface area contributed by atoms with Gasteiger partial charge in [-0.15, -0.1) is 0 Å². The van der Waals surface area contributed by atoms with Crippen LogP contribution in [0.4, 0.5) is 5.69 Å². The van der Waals surface area contributed by atoms with Crippen molar-refractivity contribution in [1.82, 2.24) is 0 Å². The maximum Gasteiger partial charge on any atom is 0.379 e. The highest BCUT2D eigenvalue weighted by molar-refractivity contribution is 6.33. The normalized spacial score (nSPS) is 10.9. The van der Waals surface area contributed by atoms with E-state index in [4.69, 9.17) is 29.9 Å². The van der Waals surface area contributed by atoms with Crippen LogP contribution in [0.1, 0.15) is 26.7 Å². The number of ether oxygens (including phenoxy) is 2. The molecule has 0 aliphatic rings. The minimum Gasteiger partial charge on any atom is -0.457 e. The van der Waals surface area contributed by atoms with Crippen molar-refractivity contribution in [3.63, 3.8) is 0 Å². The van der Waals surface area contributed by atoms with Crippen LogP contribution in [-0.4, -0.2) is 18.2 Å². The summed E-state index contributed by atoms with van der Waals surface area (Å²) in [7, 11) is 0. The number of para-hydroxylation sites is 1. The first-order valence-corrected chi connectivity index (χ1v) is 9.42. The average molecular weight is 436 g/mol. The zero-order chi connectivity index (χ0) is 21.6. The molecule has 2 heterocycles. The summed E-state index contributed by atoms with van der Waals surface area (Å²) in [6, 6.07) is 17.7. The number of benzene rings is 2. The maximum atomic E-state index is 12.4. The van der Waals surface area contributed by atoms with Crippen LogP contribution in [0, 0.1) is 0 Å². The highest BCUT2D eigenvalue weighted by Gasteiger charge is 2.17. The van der Waals surface area contributed by atoms with E-state index < -0.39 is 11.9 Å². The zero-order valence-electron chi connectivity index (χ0n) is 15.9. The van der Waals surface area contributed by atoms with Crippen molar-refractivity contribution in [2.45, 2.75) is 0 Å². The number of nitrogens with zero attached hydrogens (tertiary/aromatic N) is 1. The topological polar surface area (TPSA) is 91.2 Å². The van der Waals surface area contributed by atoms with Crippen molar-refractivity contribution in [3.05, 3.63) is 101 Å². The summed E-state index contributed by atoms with van der Waals surface area (Å²) in [5, 5.41) is 0.469. The molecule has 7 nitrogen and oxygen atoms in total. The summed E-state index contributed by atoms with van der Waals surface area (Å²) >= 11 is 6.14. The number of hydrogen-bond acceptors (Lipinski definition) is 7. The summed E-state index contributed by atoms with van der Waals surface area (Å²) in [4.78, 5) is 28.9. The highest BCUT2D eigenvalue weighted by Crippen LogP contribution is 2.28. The van der Waals surface area contributed by atoms with Crippen molar-refractivity contribution >= 4 is 35.4 Å². The van der Waals surface area contributed by atoms with Gasteiger partial charge in [0.15, 0.2) is 0 Å². The van der Waals surface area contributed by atoms with Crippen molar-refractivity contribution in [1.29, 1.82) is 0 Å². The van der Waals surface area contributed by atoms with Crippen molar-refractivity contribution in [2.24, 2.45) is 4.99 Å². The summed E-state index contributed by atoms with van der Waals surface area (Å²) in [5.74, 6) is -1.08. The van der Waals surface area contributed by atoms with Crippen molar-refractivity contribution in [2.75, 3.05) is 0 Å². The van der Waals surface area contributed by atoms with Gasteiger partial charge in [-0.2, -0.15) is 0 Å². The molecule has 0 aliphatic carbocycles. The Morgan fingerprint density at radius 3 is 2.16 bits per heavy atom. The second-order valence-corrected chi connectivity index (χ2v) is 6.55. The minimum atomic E-state index is -0.716. The van der Waals surface area contributed by atoms with Crippen molar-refractivity contribution < 1.29 is 27.9 Å². The van der Waals surface area contributed by atoms with E-state index >= 15 is 0 Å².